The number of likely N-dealkylation sites (tertiary alicyclic amines) is 1. The minimum Gasteiger partial charge on any atom is -0.383 e. The van der Waals surface area contributed by atoms with Gasteiger partial charge in [-0.25, -0.2) is 0 Å². The Balaban J connectivity index is 1.96. The van der Waals surface area contributed by atoms with Crippen LogP contribution < -0.4 is 5.32 Å². The Morgan fingerprint density at radius 3 is 2.50 bits per heavy atom. The molecule has 2 aliphatic heterocycles. The third-order valence-electron chi connectivity index (χ3n) is 4.97. The summed E-state index contributed by atoms with van der Waals surface area (Å²) in [7, 11) is 1.85. The fraction of sp³-hybridized carbons (Fsp3) is 1.00. The van der Waals surface area contributed by atoms with E-state index in [4.69, 9.17) is 4.74 Å². The highest BCUT2D eigenvalue weighted by Gasteiger charge is 2.41. The Hall–Kier alpha value is -0.120. The van der Waals surface area contributed by atoms with Crippen molar-refractivity contribution in [1.82, 2.24) is 10.2 Å². The van der Waals surface area contributed by atoms with Crippen molar-refractivity contribution in [3.8, 4) is 0 Å². The first-order valence-corrected chi connectivity index (χ1v) is 7.66. The predicted octanol–water partition coefficient (Wildman–Crippen LogP) is 2.27. The van der Waals surface area contributed by atoms with Gasteiger partial charge in [-0.05, 0) is 65.1 Å². The molecule has 0 aromatic rings. The topological polar surface area (TPSA) is 24.5 Å². The van der Waals surface area contributed by atoms with Crippen LogP contribution in [0, 0.1) is 5.92 Å². The van der Waals surface area contributed by atoms with Crippen molar-refractivity contribution in [2.24, 2.45) is 5.92 Å². The van der Waals surface area contributed by atoms with E-state index in [1.54, 1.807) is 0 Å². The molecule has 0 aromatic heterocycles. The largest absolute Gasteiger partial charge is 0.383 e. The van der Waals surface area contributed by atoms with Gasteiger partial charge < -0.3 is 15.0 Å². The Kier molecular flexibility index (Phi) is 5.05. The minimum atomic E-state index is 0.274. The lowest BCUT2D eigenvalue weighted by molar-refractivity contribution is 0.0152. The number of nitrogens with zero attached hydrogens (tertiary/aromatic N) is 1. The zero-order valence-electron chi connectivity index (χ0n) is 12.4. The summed E-state index contributed by atoms with van der Waals surface area (Å²) in [5.74, 6) is 0.799. The zero-order valence-corrected chi connectivity index (χ0v) is 12.4. The summed E-state index contributed by atoms with van der Waals surface area (Å²) < 4.78 is 5.54. The van der Waals surface area contributed by atoms with Gasteiger partial charge in [-0.2, -0.15) is 0 Å². The SMILES string of the molecule is COCC1(C2CCN(C(C)C)CC2)CCCCN1. The third-order valence-corrected chi connectivity index (χ3v) is 4.97. The van der Waals surface area contributed by atoms with Crippen LogP contribution in [-0.4, -0.2) is 49.8 Å². The molecule has 2 aliphatic rings. The third kappa shape index (κ3) is 3.06. The summed E-state index contributed by atoms with van der Waals surface area (Å²) in [5.41, 5.74) is 0.274. The number of methoxy groups -OCH3 is 1. The highest BCUT2D eigenvalue weighted by atomic mass is 16.5. The summed E-state index contributed by atoms with van der Waals surface area (Å²) in [5, 5.41) is 3.80. The molecule has 0 amide bonds. The standard InChI is InChI=1S/C15H30N2O/c1-13(2)17-10-6-14(7-11-17)15(12-18-3)8-4-5-9-16-15/h13-14,16H,4-12H2,1-3H3. The fourth-order valence-electron chi connectivity index (χ4n) is 3.81. The van der Waals surface area contributed by atoms with E-state index in [0.717, 1.165) is 12.5 Å². The predicted molar refractivity (Wildman–Crippen MR) is 75.9 cm³/mol. The van der Waals surface area contributed by atoms with Gasteiger partial charge in [0.1, 0.15) is 0 Å². The molecule has 3 nitrogen and oxygen atoms in total. The lowest BCUT2D eigenvalue weighted by Gasteiger charge is -2.48. The van der Waals surface area contributed by atoms with Crippen LogP contribution in [-0.2, 0) is 4.74 Å². The maximum Gasteiger partial charge on any atom is 0.0647 e. The average molecular weight is 254 g/mol. The first-order valence-electron chi connectivity index (χ1n) is 7.66. The van der Waals surface area contributed by atoms with E-state index >= 15 is 0 Å². The van der Waals surface area contributed by atoms with Crippen LogP contribution in [0.2, 0.25) is 0 Å². The van der Waals surface area contributed by atoms with E-state index in [9.17, 15) is 0 Å². The quantitative estimate of drug-likeness (QED) is 0.833. The molecule has 1 unspecified atom stereocenters. The van der Waals surface area contributed by atoms with E-state index in [1.807, 2.05) is 7.11 Å². The van der Waals surface area contributed by atoms with Crippen molar-refractivity contribution in [1.29, 1.82) is 0 Å². The van der Waals surface area contributed by atoms with E-state index in [2.05, 4.69) is 24.1 Å². The molecule has 0 aliphatic carbocycles. The van der Waals surface area contributed by atoms with Gasteiger partial charge in [-0.15, -0.1) is 0 Å². The van der Waals surface area contributed by atoms with E-state index in [1.165, 1.54) is 51.7 Å². The Bertz CT molecular complexity index is 235. The maximum atomic E-state index is 5.54. The van der Waals surface area contributed by atoms with Crippen molar-refractivity contribution >= 4 is 0 Å². The van der Waals surface area contributed by atoms with Gasteiger partial charge in [0.15, 0.2) is 0 Å². The normalized spacial score (nSPS) is 32.0. The second kappa shape index (κ2) is 6.36. The summed E-state index contributed by atoms with van der Waals surface area (Å²) >= 11 is 0. The highest BCUT2D eigenvalue weighted by Crippen LogP contribution is 2.35. The van der Waals surface area contributed by atoms with Crippen LogP contribution in [0.1, 0.15) is 46.0 Å². The first-order chi connectivity index (χ1) is 8.68. The Labute approximate surface area is 112 Å². The molecule has 106 valence electrons. The Morgan fingerprint density at radius 2 is 2.00 bits per heavy atom. The molecule has 1 N–H and O–H groups in total. The number of hydrogen-bond donors (Lipinski definition) is 1. The van der Waals surface area contributed by atoms with Crippen molar-refractivity contribution in [3.05, 3.63) is 0 Å². The Morgan fingerprint density at radius 1 is 1.28 bits per heavy atom. The van der Waals surface area contributed by atoms with Gasteiger partial charge in [0.2, 0.25) is 0 Å². The lowest BCUT2D eigenvalue weighted by atomic mass is 9.73. The van der Waals surface area contributed by atoms with Crippen LogP contribution in [0.4, 0.5) is 0 Å². The molecular formula is C15H30N2O. The van der Waals surface area contributed by atoms with Gasteiger partial charge in [0.05, 0.1) is 6.61 Å². The first kappa shape index (κ1) is 14.3. The van der Waals surface area contributed by atoms with Crippen molar-refractivity contribution in [2.45, 2.75) is 57.5 Å². The molecular weight excluding hydrogens is 224 g/mol. The van der Waals surface area contributed by atoms with Crippen molar-refractivity contribution in [3.63, 3.8) is 0 Å². The molecule has 2 rings (SSSR count). The minimum absolute atomic E-state index is 0.274. The summed E-state index contributed by atoms with van der Waals surface area (Å²) in [6.45, 7) is 9.20. The lowest BCUT2D eigenvalue weighted by Crippen LogP contribution is -2.59. The van der Waals surface area contributed by atoms with Crippen LogP contribution in [0.25, 0.3) is 0 Å². The van der Waals surface area contributed by atoms with Gasteiger partial charge >= 0.3 is 0 Å². The number of rotatable bonds is 4. The fourth-order valence-corrected chi connectivity index (χ4v) is 3.81. The van der Waals surface area contributed by atoms with E-state index in [0.29, 0.717) is 6.04 Å². The molecule has 3 heteroatoms. The summed E-state index contributed by atoms with van der Waals surface area (Å²) in [6.07, 6.45) is 6.65. The number of nitrogens with one attached hydrogen (secondary N) is 1. The van der Waals surface area contributed by atoms with Gasteiger partial charge in [-0.3, -0.25) is 0 Å². The summed E-state index contributed by atoms with van der Waals surface area (Å²) in [4.78, 5) is 2.61. The number of piperidine rings is 2. The second-order valence-corrected chi connectivity index (χ2v) is 6.38. The monoisotopic (exact) mass is 254 g/mol. The average Bonchev–Trinajstić information content (AvgIpc) is 2.40. The molecule has 1 atom stereocenters. The van der Waals surface area contributed by atoms with Gasteiger partial charge in [-0.1, -0.05) is 6.42 Å². The molecule has 0 aromatic carbocycles. The van der Waals surface area contributed by atoms with E-state index in [-0.39, 0.29) is 5.54 Å². The molecule has 0 bridgehead atoms. The van der Waals surface area contributed by atoms with Crippen LogP contribution in [0.5, 0.6) is 0 Å². The number of ether oxygens (including phenoxy) is 1. The molecule has 2 fully saturated rings. The maximum absolute atomic E-state index is 5.54. The smallest absolute Gasteiger partial charge is 0.0647 e. The van der Waals surface area contributed by atoms with Crippen molar-refractivity contribution < 1.29 is 4.74 Å². The van der Waals surface area contributed by atoms with Gasteiger partial charge in [0, 0.05) is 18.7 Å². The highest BCUT2D eigenvalue weighted by molar-refractivity contribution is 4.98. The van der Waals surface area contributed by atoms with Crippen molar-refractivity contribution in [2.75, 3.05) is 33.4 Å². The van der Waals surface area contributed by atoms with Crippen LogP contribution in [0.3, 0.4) is 0 Å². The summed E-state index contributed by atoms with van der Waals surface area (Å²) in [6, 6.07) is 0.698. The molecule has 0 radical (unpaired) electrons. The van der Waals surface area contributed by atoms with Crippen LogP contribution in [0.15, 0.2) is 0 Å². The molecule has 2 saturated heterocycles. The molecule has 0 spiro atoms. The van der Waals surface area contributed by atoms with Crippen LogP contribution >= 0.6 is 0 Å². The van der Waals surface area contributed by atoms with Gasteiger partial charge in [0.25, 0.3) is 0 Å². The molecule has 18 heavy (non-hydrogen) atoms. The van der Waals surface area contributed by atoms with E-state index < -0.39 is 0 Å². The molecule has 0 saturated carbocycles. The zero-order chi connectivity index (χ0) is 13.0. The number of hydrogen-bond acceptors (Lipinski definition) is 3. The molecule has 2 heterocycles. The second-order valence-electron chi connectivity index (χ2n) is 6.38.